The Hall–Kier alpha value is -3.78. The summed E-state index contributed by atoms with van der Waals surface area (Å²) in [4.78, 5) is 0. The Morgan fingerprint density at radius 2 is 0.767 bits per heavy atom. The van der Waals surface area contributed by atoms with Gasteiger partial charge in [0.05, 0.1) is 0 Å². The third-order valence-corrected chi connectivity index (χ3v) is 11.0. The molecule has 0 saturated heterocycles. The molecular weight excluding hydrogens is 863 g/mol. The second kappa shape index (κ2) is 21.8. The molecule has 0 nitrogen and oxygen atoms in total. The molecular formula is C56H60Cl2SiZr. The molecule has 0 aromatic heterocycles. The van der Waals surface area contributed by atoms with Crippen LogP contribution in [0.5, 0.6) is 0 Å². The van der Waals surface area contributed by atoms with Gasteiger partial charge in [-0.3, -0.25) is 0 Å². The Morgan fingerprint density at radius 3 is 1.07 bits per heavy atom. The molecule has 2 radical (unpaired) electrons. The van der Waals surface area contributed by atoms with Crippen molar-refractivity contribution in [2.45, 2.75) is 92.2 Å². The van der Waals surface area contributed by atoms with E-state index in [4.69, 9.17) is 17.0 Å². The number of benzene rings is 6. The van der Waals surface area contributed by atoms with Crippen LogP contribution in [0.15, 0.2) is 158 Å². The maximum atomic E-state index is 4.93. The second-order valence-corrected chi connectivity index (χ2v) is 22.0. The first kappa shape index (κ1) is 47.3. The van der Waals surface area contributed by atoms with Crippen molar-refractivity contribution in [3.63, 3.8) is 0 Å². The van der Waals surface area contributed by atoms with Crippen LogP contribution < -0.4 is 0 Å². The average molecular weight is 923 g/mol. The number of halogens is 2. The summed E-state index contributed by atoms with van der Waals surface area (Å²) >= 11 is -0.826. The van der Waals surface area contributed by atoms with Crippen LogP contribution >= 0.6 is 17.0 Å². The Morgan fingerprint density at radius 1 is 0.467 bits per heavy atom. The molecule has 8 rings (SSSR count). The van der Waals surface area contributed by atoms with Crippen LogP contribution in [0.4, 0.5) is 0 Å². The van der Waals surface area contributed by atoms with E-state index in [0.29, 0.717) is 0 Å². The van der Waals surface area contributed by atoms with Crippen molar-refractivity contribution >= 4 is 48.1 Å². The van der Waals surface area contributed by atoms with Gasteiger partial charge in [0.2, 0.25) is 0 Å². The number of fused-ring (bicyclic) bond motifs is 2. The van der Waals surface area contributed by atoms with E-state index in [2.05, 4.69) is 226 Å². The molecule has 0 aliphatic carbocycles. The van der Waals surface area contributed by atoms with E-state index in [1.54, 1.807) is 0 Å². The molecule has 306 valence electrons. The Kier molecular flexibility index (Phi) is 17.2. The van der Waals surface area contributed by atoms with Gasteiger partial charge in [-0.05, 0) is 57.1 Å². The quantitative estimate of drug-likeness (QED) is 0.115. The van der Waals surface area contributed by atoms with Crippen molar-refractivity contribution in [1.82, 2.24) is 0 Å². The predicted molar refractivity (Wildman–Crippen MR) is 266 cm³/mol. The first-order valence-electron chi connectivity index (χ1n) is 21.1. The third-order valence-electron chi connectivity index (χ3n) is 11.0. The fourth-order valence-corrected chi connectivity index (χ4v) is 7.89. The van der Waals surface area contributed by atoms with Crippen molar-refractivity contribution in [2.24, 2.45) is 0 Å². The van der Waals surface area contributed by atoms with Crippen LogP contribution in [0, 0.1) is 0 Å². The summed E-state index contributed by atoms with van der Waals surface area (Å²) in [7, 11) is 11.0. The Labute approximate surface area is 382 Å². The van der Waals surface area contributed by atoms with Crippen LogP contribution in [-0.2, 0) is 44.5 Å². The van der Waals surface area contributed by atoms with E-state index >= 15 is 0 Å². The van der Waals surface area contributed by atoms with Gasteiger partial charge in [-0.25, -0.2) is 0 Å². The second-order valence-electron chi connectivity index (χ2n) is 17.3. The topological polar surface area (TPSA) is 0 Å². The molecule has 0 aliphatic heterocycles. The predicted octanol–water partition coefficient (Wildman–Crippen LogP) is 17.7. The molecule has 8 aromatic rings. The van der Waals surface area contributed by atoms with Gasteiger partial charge >= 0.3 is 37.9 Å². The van der Waals surface area contributed by atoms with Gasteiger partial charge in [-0.1, -0.05) is 200 Å². The molecule has 0 bridgehead atoms. The van der Waals surface area contributed by atoms with E-state index in [0.717, 1.165) is 22.4 Å². The normalized spacial score (nSPS) is 11.1. The van der Waals surface area contributed by atoms with E-state index in [1.807, 2.05) is 0 Å². The molecule has 0 N–H and O–H groups in total. The fraction of sp³-hybridized carbons (Fsp3) is 0.250. The molecule has 0 amide bonds. The molecule has 0 atom stereocenters. The van der Waals surface area contributed by atoms with Crippen LogP contribution in [0.2, 0.25) is 13.1 Å². The van der Waals surface area contributed by atoms with Crippen LogP contribution in [0.3, 0.4) is 0 Å². The molecule has 8 aromatic carbocycles. The zero-order valence-electron chi connectivity index (χ0n) is 37.2. The monoisotopic (exact) mass is 920 g/mol. The number of hydrogen-bond donors (Lipinski definition) is 0. The van der Waals surface area contributed by atoms with E-state index in [1.165, 1.54) is 88.3 Å². The van der Waals surface area contributed by atoms with E-state index in [-0.39, 0.29) is 10.8 Å². The van der Waals surface area contributed by atoms with Gasteiger partial charge in [-0.2, -0.15) is 12.1 Å². The van der Waals surface area contributed by atoms with E-state index in [9.17, 15) is 0 Å². The number of hydrogen-bond acceptors (Lipinski definition) is 0. The van der Waals surface area contributed by atoms with Crippen molar-refractivity contribution in [1.29, 1.82) is 0 Å². The number of rotatable bonds is 6. The molecule has 0 saturated carbocycles. The van der Waals surface area contributed by atoms with Crippen LogP contribution in [-0.4, -0.2) is 9.52 Å². The molecule has 0 aliphatic rings. The summed E-state index contributed by atoms with van der Waals surface area (Å²) in [5.41, 5.74) is 16.6. The van der Waals surface area contributed by atoms with Gasteiger partial charge in [-0.15, -0.1) is 69.1 Å². The van der Waals surface area contributed by atoms with Gasteiger partial charge in [0.25, 0.3) is 0 Å². The zero-order valence-corrected chi connectivity index (χ0v) is 42.2. The first-order chi connectivity index (χ1) is 28.8. The average Bonchev–Trinajstić information content (AvgIpc) is 3.91. The van der Waals surface area contributed by atoms with E-state index < -0.39 is 20.8 Å². The van der Waals surface area contributed by atoms with Gasteiger partial charge in [0.1, 0.15) is 0 Å². The van der Waals surface area contributed by atoms with Gasteiger partial charge < -0.3 is 0 Å². The summed E-state index contributed by atoms with van der Waals surface area (Å²) < 4.78 is 0. The SMILES string of the molecule is CCc1ccc2[cH-]c(C(C)(C)C)cc2c1-c1ccccc1-c1ccccc1.CCc1ccc2[cH-]c(C(C)(C)C)cc2c1-c1ccccc1-c1ccccc1.C[Si]C.[Cl][Zr+2][Cl]. The van der Waals surface area contributed by atoms with Crippen molar-refractivity contribution in [3.05, 3.63) is 180 Å². The summed E-state index contributed by atoms with van der Waals surface area (Å²) in [5.74, 6) is 0. The van der Waals surface area contributed by atoms with Crippen molar-refractivity contribution < 1.29 is 20.8 Å². The van der Waals surface area contributed by atoms with Gasteiger partial charge in [0, 0.05) is 9.52 Å². The summed E-state index contributed by atoms with van der Waals surface area (Å²) in [6.07, 6.45) is 2.06. The maximum absolute atomic E-state index is 4.93. The molecule has 0 fully saturated rings. The number of aryl methyl sites for hydroxylation is 2. The van der Waals surface area contributed by atoms with Crippen molar-refractivity contribution in [3.8, 4) is 44.5 Å². The van der Waals surface area contributed by atoms with Crippen LogP contribution in [0.25, 0.3) is 66.1 Å². The minimum atomic E-state index is -0.826. The zero-order chi connectivity index (χ0) is 43.5. The molecule has 60 heavy (non-hydrogen) atoms. The standard InChI is InChI=1S/2C27H27.C2H6Si.2ClH.Zr/c2*1-5-19-15-16-21-17-22(27(2,3)4)18-25(21)26(19)24-14-10-9-13-23(24)20-11-7-6-8-12-20;1-3-2;;;/h2*6-18H,5H2,1-4H3;1-2H3;2*1H;/q2*-1;;;;+4/p-2. The van der Waals surface area contributed by atoms with Crippen LogP contribution in [0.1, 0.15) is 77.6 Å². The molecule has 0 spiro atoms. The summed E-state index contributed by atoms with van der Waals surface area (Å²) in [5, 5.41) is 5.44. The molecule has 0 unspecified atom stereocenters. The molecule has 4 heteroatoms. The Balaban J connectivity index is 0.000000201. The Bertz CT molecular complexity index is 2380. The van der Waals surface area contributed by atoms with Gasteiger partial charge in [0.15, 0.2) is 0 Å². The first-order valence-corrected chi connectivity index (χ1v) is 29.4. The third kappa shape index (κ3) is 11.4. The molecule has 0 heterocycles. The van der Waals surface area contributed by atoms with Crippen molar-refractivity contribution in [2.75, 3.05) is 0 Å². The minimum absolute atomic E-state index is 0.154. The summed E-state index contributed by atoms with van der Waals surface area (Å²) in [6.45, 7) is 22.6. The summed E-state index contributed by atoms with van der Waals surface area (Å²) in [6, 6.07) is 57.9. The fourth-order valence-electron chi connectivity index (χ4n) is 7.89.